The lowest BCUT2D eigenvalue weighted by molar-refractivity contribution is -0.137. The van der Waals surface area contributed by atoms with Crippen molar-refractivity contribution in [3.8, 4) is 6.07 Å². The maximum Gasteiger partial charge on any atom is 0.417 e. The Hall–Kier alpha value is -3.12. The van der Waals surface area contributed by atoms with E-state index in [4.69, 9.17) is 17.5 Å². The Morgan fingerprint density at radius 3 is 2.58 bits per heavy atom. The summed E-state index contributed by atoms with van der Waals surface area (Å²) in [6, 6.07) is 12.9. The molecule has 0 aromatic heterocycles. The molecule has 0 spiro atoms. The number of hydrogen-bond donors (Lipinski definition) is 0. The lowest BCUT2D eigenvalue weighted by atomic mass is 10.0. The van der Waals surface area contributed by atoms with Crippen molar-refractivity contribution >= 4 is 34.6 Å². The minimum Gasteiger partial charge on any atom is -0.370 e. The van der Waals surface area contributed by atoms with Crippen LogP contribution in [0.25, 0.3) is 0 Å². The number of rotatable bonds is 4. The summed E-state index contributed by atoms with van der Waals surface area (Å²) in [5.41, 5.74) is 0.907. The van der Waals surface area contributed by atoms with Crippen LogP contribution >= 0.6 is 12.2 Å². The van der Waals surface area contributed by atoms with E-state index in [1.54, 1.807) is 11.0 Å². The smallest absolute Gasteiger partial charge is 0.370 e. The maximum absolute atomic E-state index is 13.3. The molecule has 0 unspecified atom stereocenters. The van der Waals surface area contributed by atoms with Crippen LogP contribution in [-0.2, 0) is 17.4 Å². The van der Waals surface area contributed by atoms with Gasteiger partial charge in [-0.2, -0.15) is 18.4 Å². The molecule has 0 radical (unpaired) electrons. The van der Waals surface area contributed by atoms with Crippen LogP contribution in [0, 0.1) is 11.3 Å². The number of carbonyl (C=O) groups is 1. The fourth-order valence-electron chi connectivity index (χ4n) is 4.07. The van der Waals surface area contributed by atoms with Gasteiger partial charge in [0.25, 0.3) is 5.91 Å². The number of benzene rings is 2. The molecule has 1 fully saturated rings. The molecule has 2 aliphatic rings. The van der Waals surface area contributed by atoms with Crippen molar-refractivity contribution in [3.63, 3.8) is 0 Å². The summed E-state index contributed by atoms with van der Waals surface area (Å²) >= 11 is 5.43. The summed E-state index contributed by atoms with van der Waals surface area (Å²) in [5.74, 6) is -0.387. The first-order valence-electron chi connectivity index (χ1n) is 9.85. The third-order valence-corrected chi connectivity index (χ3v) is 6.01. The van der Waals surface area contributed by atoms with Crippen LogP contribution in [0.5, 0.6) is 0 Å². The number of halogens is 3. The first-order chi connectivity index (χ1) is 14.8. The second-order valence-electron chi connectivity index (χ2n) is 7.49. The molecular formula is C22H19F3N4OS. The number of aryl methyl sites for hydroxylation is 1. The van der Waals surface area contributed by atoms with Gasteiger partial charge in [0.05, 0.1) is 22.9 Å². The lowest BCUT2D eigenvalue weighted by Gasteiger charge is -2.32. The van der Waals surface area contributed by atoms with Crippen LogP contribution in [0.3, 0.4) is 0 Å². The number of hydrogen-bond acceptors (Lipinski definition) is 4. The molecule has 2 aromatic carbocycles. The van der Waals surface area contributed by atoms with Crippen molar-refractivity contribution in [2.75, 3.05) is 36.0 Å². The molecule has 160 valence electrons. The molecule has 2 aliphatic heterocycles. The Morgan fingerprint density at radius 1 is 1.10 bits per heavy atom. The van der Waals surface area contributed by atoms with Crippen molar-refractivity contribution in [2.45, 2.75) is 19.0 Å². The zero-order valence-corrected chi connectivity index (χ0v) is 17.3. The third-order valence-electron chi connectivity index (χ3n) is 5.57. The zero-order valence-electron chi connectivity index (χ0n) is 16.5. The SMILES string of the molecule is N#Cc1ccc(N2C(=O)CN(CCN3CCCc4ccccc43)C2=S)cc1C(F)(F)F. The first-order valence-corrected chi connectivity index (χ1v) is 10.3. The van der Waals surface area contributed by atoms with E-state index in [-0.39, 0.29) is 23.3 Å². The van der Waals surface area contributed by atoms with Crippen molar-refractivity contribution in [1.29, 1.82) is 5.26 Å². The van der Waals surface area contributed by atoms with Gasteiger partial charge in [0.2, 0.25) is 0 Å². The summed E-state index contributed by atoms with van der Waals surface area (Å²) in [6.07, 6.45) is -2.63. The fourth-order valence-corrected chi connectivity index (χ4v) is 4.43. The molecule has 1 saturated heterocycles. The van der Waals surface area contributed by atoms with Crippen molar-refractivity contribution in [1.82, 2.24) is 4.90 Å². The van der Waals surface area contributed by atoms with Crippen LogP contribution in [0.4, 0.5) is 24.5 Å². The Kier molecular flexibility index (Phi) is 5.58. The van der Waals surface area contributed by atoms with Crippen LogP contribution in [0.2, 0.25) is 0 Å². The van der Waals surface area contributed by atoms with E-state index >= 15 is 0 Å². The normalized spacial score (nSPS) is 16.5. The number of carbonyl (C=O) groups excluding carboxylic acids is 1. The van der Waals surface area contributed by atoms with Gasteiger partial charge in [-0.25, -0.2) is 0 Å². The van der Waals surface area contributed by atoms with Gasteiger partial charge in [-0.1, -0.05) is 18.2 Å². The number of fused-ring (bicyclic) bond motifs is 1. The quantitative estimate of drug-likeness (QED) is 0.669. The minimum absolute atomic E-state index is 0.00960. The van der Waals surface area contributed by atoms with E-state index in [1.807, 2.05) is 12.1 Å². The van der Waals surface area contributed by atoms with Gasteiger partial charge >= 0.3 is 6.18 Å². The van der Waals surface area contributed by atoms with E-state index in [0.29, 0.717) is 13.1 Å². The summed E-state index contributed by atoms with van der Waals surface area (Å²) in [4.78, 5) is 17.7. The fraction of sp³-hybridized carbons (Fsp3) is 0.318. The van der Waals surface area contributed by atoms with Gasteiger partial charge in [-0.05, 0) is 54.9 Å². The number of alkyl halides is 3. The van der Waals surface area contributed by atoms with Crippen molar-refractivity contribution in [2.24, 2.45) is 0 Å². The third kappa shape index (κ3) is 4.08. The highest BCUT2D eigenvalue weighted by Crippen LogP contribution is 2.35. The van der Waals surface area contributed by atoms with Crippen LogP contribution < -0.4 is 9.80 Å². The topological polar surface area (TPSA) is 50.6 Å². The second-order valence-corrected chi connectivity index (χ2v) is 7.86. The average Bonchev–Trinajstić information content (AvgIpc) is 3.04. The number of thiocarbonyl (C=S) groups is 1. The monoisotopic (exact) mass is 444 g/mol. The molecule has 31 heavy (non-hydrogen) atoms. The summed E-state index contributed by atoms with van der Waals surface area (Å²) < 4.78 is 40.0. The number of anilines is 2. The Bertz CT molecular complexity index is 1080. The maximum atomic E-state index is 13.3. The Morgan fingerprint density at radius 2 is 1.84 bits per heavy atom. The first kappa shape index (κ1) is 21.1. The van der Waals surface area contributed by atoms with Crippen molar-refractivity contribution in [3.05, 3.63) is 59.2 Å². The van der Waals surface area contributed by atoms with Gasteiger partial charge < -0.3 is 9.80 Å². The second kappa shape index (κ2) is 8.19. The molecule has 0 N–H and O–H groups in total. The number of amides is 1. The summed E-state index contributed by atoms with van der Waals surface area (Å²) in [5, 5.41) is 9.15. The highest BCUT2D eigenvalue weighted by atomic mass is 32.1. The van der Waals surface area contributed by atoms with Gasteiger partial charge in [0, 0.05) is 25.3 Å². The minimum atomic E-state index is -4.70. The Balaban J connectivity index is 1.51. The molecule has 2 aromatic rings. The molecule has 4 rings (SSSR count). The highest BCUT2D eigenvalue weighted by molar-refractivity contribution is 7.80. The standard InChI is InChI=1S/C22H19F3N4OS/c23-22(24,25)18-12-17(8-7-16(18)13-26)29-20(30)14-28(21(29)31)11-10-27-9-3-5-15-4-1-2-6-19(15)27/h1-2,4,6-8,12H,3,5,9-11,14H2. The molecule has 9 heteroatoms. The number of nitrogens with zero attached hydrogens (tertiary/aromatic N) is 4. The molecule has 1 amide bonds. The van der Waals surface area contributed by atoms with E-state index < -0.39 is 17.3 Å². The van der Waals surface area contributed by atoms with Gasteiger partial charge in [0.15, 0.2) is 5.11 Å². The van der Waals surface area contributed by atoms with E-state index in [9.17, 15) is 18.0 Å². The van der Waals surface area contributed by atoms with Gasteiger partial charge in [-0.3, -0.25) is 9.69 Å². The molecule has 5 nitrogen and oxygen atoms in total. The molecular weight excluding hydrogens is 425 g/mol. The molecule has 0 saturated carbocycles. The summed E-state index contributed by atoms with van der Waals surface area (Å²) in [6.45, 7) is 2.05. The Labute approximate surface area is 183 Å². The summed E-state index contributed by atoms with van der Waals surface area (Å²) in [7, 11) is 0. The zero-order chi connectivity index (χ0) is 22.2. The van der Waals surface area contributed by atoms with Crippen LogP contribution in [0.15, 0.2) is 42.5 Å². The predicted molar refractivity (Wildman–Crippen MR) is 115 cm³/mol. The van der Waals surface area contributed by atoms with Gasteiger partial charge in [-0.15, -0.1) is 0 Å². The number of nitriles is 1. The van der Waals surface area contributed by atoms with E-state index in [2.05, 4.69) is 17.0 Å². The average molecular weight is 444 g/mol. The van der Waals surface area contributed by atoms with E-state index in [1.165, 1.54) is 17.3 Å². The highest BCUT2D eigenvalue weighted by Gasteiger charge is 2.38. The van der Waals surface area contributed by atoms with Crippen molar-refractivity contribution < 1.29 is 18.0 Å². The lowest BCUT2D eigenvalue weighted by Crippen LogP contribution is -2.39. The predicted octanol–water partition coefficient (Wildman–Crippen LogP) is 3.96. The molecule has 0 aliphatic carbocycles. The molecule has 0 bridgehead atoms. The van der Waals surface area contributed by atoms with Gasteiger partial charge in [0.1, 0.15) is 6.54 Å². The van der Waals surface area contributed by atoms with Crippen LogP contribution in [-0.4, -0.2) is 42.1 Å². The molecule has 0 atom stereocenters. The molecule has 2 heterocycles. The largest absolute Gasteiger partial charge is 0.417 e. The van der Waals surface area contributed by atoms with E-state index in [0.717, 1.165) is 36.4 Å². The number of para-hydroxylation sites is 1. The van der Waals surface area contributed by atoms with Crippen LogP contribution in [0.1, 0.15) is 23.1 Å².